The molecule has 7 rings (SSSR count). The Labute approximate surface area is 316 Å². The maximum atomic E-state index is 12.9. The zero-order valence-corrected chi connectivity index (χ0v) is 32.2. The normalized spacial score (nSPS) is 21.4. The molecule has 1 aliphatic carbocycles. The minimum atomic E-state index is -1.03. The van der Waals surface area contributed by atoms with Crippen LogP contribution in [-0.2, 0) is 22.4 Å². The number of fused-ring (bicyclic) bond motifs is 2. The standard InChI is InChI=1S/C39H53N9O6/c1-25-20-31-29(21-41-48(31)32-10-6-9-19-52-32)33(26(25)2)45-16-12-28-30(23-45)42-35(43-34(28)46-17-18-47(37(50)51)27(22-46)11-15-40)53-24-39(13-7-8-14-39)44-36(49)54-38(3,4)5/h20-21,27,32H,6-14,16-19,22-24H2,1-5H3,(H,44,49)(H,50,51)/t27-,32?/m0/s1. The highest BCUT2D eigenvalue weighted by molar-refractivity contribution is 5.95. The average molecular weight is 744 g/mol. The maximum absolute atomic E-state index is 12.9. The second-order valence-electron chi connectivity index (χ2n) is 16.3. The van der Waals surface area contributed by atoms with Crippen LogP contribution in [0.5, 0.6) is 6.01 Å². The van der Waals surface area contributed by atoms with Gasteiger partial charge < -0.3 is 39.3 Å². The molecule has 2 saturated heterocycles. The molecule has 1 unspecified atom stereocenters. The molecule has 15 heteroatoms. The molecule has 2 atom stereocenters. The average Bonchev–Trinajstić information content (AvgIpc) is 3.77. The molecule has 1 saturated carbocycles. The van der Waals surface area contributed by atoms with Gasteiger partial charge in [-0.25, -0.2) is 14.3 Å². The largest absolute Gasteiger partial charge is 0.465 e. The van der Waals surface area contributed by atoms with Crippen LogP contribution >= 0.6 is 0 Å². The van der Waals surface area contributed by atoms with Crippen molar-refractivity contribution in [1.82, 2.24) is 30.0 Å². The van der Waals surface area contributed by atoms with Gasteiger partial charge in [-0.1, -0.05) is 12.8 Å². The van der Waals surface area contributed by atoms with E-state index in [0.29, 0.717) is 38.4 Å². The predicted molar refractivity (Wildman–Crippen MR) is 202 cm³/mol. The zero-order chi connectivity index (χ0) is 38.2. The number of amides is 2. The number of alkyl carbamates (subject to hydrolysis) is 1. The summed E-state index contributed by atoms with van der Waals surface area (Å²) in [6.45, 7) is 13.0. The van der Waals surface area contributed by atoms with Crippen molar-refractivity contribution in [1.29, 1.82) is 5.26 Å². The predicted octanol–water partition coefficient (Wildman–Crippen LogP) is 6.00. The molecular weight excluding hydrogens is 690 g/mol. The van der Waals surface area contributed by atoms with Crippen LogP contribution in [-0.4, -0.2) is 98.5 Å². The molecule has 0 radical (unpaired) electrons. The Balaban J connectivity index is 1.23. The van der Waals surface area contributed by atoms with E-state index in [1.807, 2.05) is 31.6 Å². The van der Waals surface area contributed by atoms with Crippen molar-refractivity contribution in [2.75, 3.05) is 49.2 Å². The summed E-state index contributed by atoms with van der Waals surface area (Å²) >= 11 is 0. The molecule has 3 fully saturated rings. The first-order valence-corrected chi connectivity index (χ1v) is 19.3. The molecule has 1 aromatic carbocycles. The van der Waals surface area contributed by atoms with Gasteiger partial charge in [-0.2, -0.15) is 20.3 Å². The summed E-state index contributed by atoms with van der Waals surface area (Å²) in [5.74, 6) is 0.705. The Morgan fingerprint density at radius 2 is 1.91 bits per heavy atom. The van der Waals surface area contributed by atoms with Crippen molar-refractivity contribution >= 4 is 34.6 Å². The Hall–Kier alpha value is -4.84. The number of nitrogens with one attached hydrogen (secondary N) is 1. The van der Waals surface area contributed by atoms with Crippen molar-refractivity contribution in [3.8, 4) is 12.1 Å². The summed E-state index contributed by atoms with van der Waals surface area (Å²) < 4.78 is 20.2. The topological polar surface area (TPSA) is 171 Å². The number of benzene rings is 1. The van der Waals surface area contributed by atoms with Gasteiger partial charge in [0.15, 0.2) is 6.23 Å². The fraction of sp³-hybridized carbons (Fsp3) is 0.641. The first-order valence-electron chi connectivity index (χ1n) is 19.3. The fourth-order valence-corrected chi connectivity index (χ4v) is 8.52. The van der Waals surface area contributed by atoms with Crippen LogP contribution in [0.4, 0.5) is 21.1 Å². The SMILES string of the molecule is Cc1cc2c(cnn2C2CCCCO2)c(N2CCc3c(nc(OCC4(NC(=O)OC(C)(C)C)CCCC4)nc3N3CCN(C(=O)O)[C@@H](CC#N)C3)C2)c1C. The lowest BCUT2D eigenvalue weighted by Gasteiger charge is -2.41. The number of carboxylic acid groups (broad SMARTS) is 1. The van der Waals surface area contributed by atoms with Gasteiger partial charge in [-0.3, -0.25) is 0 Å². The summed E-state index contributed by atoms with van der Waals surface area (Å²) in [6, 6.07) is 4.09. The van der Waals surface area contributed by atoms with Gasteiger partial charge in [0.2, 0.25) is 0 Å². The van der Waals surface area contributed by atoms with E-state index < -0.39 is 29.4 Å². The van der Waals surface area contributed by atoms with Crippen molar-refractivity contribution in [2.24, 2.45) is 0 Å². The third kappa shape index (κ3) is 7.71. The van der Waals surface area contributed by atoms with E-state index in [9.17, 15) is 20.0 Å². The number of rotatable bonds is 8. The van der Waals surface area contributed by atoms with E-state index >= 15 is 0 Å². The van der Waals surface area contributed by atoms with E-state index in [0.717, 1.165) is 79.4 Å². The van der Waals surface area contributed by atoms with Crippen molar-refractivity contribution in [3.63, 3.8) is 0 Å². The van der Waals surface area contributed by atoms with E-state index in [1.165, 1.54) is 16.0 Å². The fourth-order valence-electron chi connectivity index (χ4n) is 8.52. The lowest BCUT2D eigenvalue weighted by molar-refractivity contribution is -0.0366. The molecule has 2 aromatic heterocycles. The van der Waals surface area contributed by atoms with Gasteiger partial charge in [0.25, 0.3) is 0 Å². The summed E-state index contributed by atoms with van der Waals surface area (Å²) in [5.41, 5.74) is 5.10. The number of carbonyl (C=O) groups is 2. The first kappa shape index (κ1) is 37.5. The lowest BCUT2D eigenvalue weighted by atomic mass is 9.98. The molecule has 0 bridgehead atoms. The van der Waals surface area contributed by atoms with Crippen molar-refractivity contribution < 1.29 is 28.9 Å². The van der Waals surface area contributed by atoms with Gasteiger partial charge in [0.1, 0.15) is 18.0 Å². The number of ether oxygens (including phenoxy) is 3. The van der Waals surface area contributed by atoms with Crippen LogP contribution in [0, 0.1) is 25.2 Å². The van der Waals surface area contributed by atoms with Gasteiger partial charge >= 0.3 is 18.2 Å². The molecule has 290 valence electrons. The highest BCUT2D eigenvalue weighted by atomic mass is 16.6. The quantitative estimate of drug-likeness (QED) is 0.276. The van der Waals surface area contributed by atoms with Crippen LogP contribution < -0.4 is 19.9 Å². The number of nitriles is 1. The van der Waals surface area contributed by atoms with Crippen LogP contribution in [0.1, 0.15) is 101 Å². The monoisotopic (exact) mass is 743 g/mol. The molecule has 0 spiro atoms. The lowest BCUT2D eigenvalue weighted by Crippen LogP contribution is -2.55. The van der Waals surface area contributed by atoms with Crippen molar-refractivity contribution in [2.45, 2.75) is 122 Å². The Morgan fingerprint density at radius 1 is 1.11 bits per heavy atom. The Bertz CT molecular complexity index is 1920. The molecule has 4 aliphatic rings. The molecule has 15 nitrogen and oxygen atoms in total. The number of hydrogen-bond donors (Lipinski definition) is 2. The Morgan fingerprint density at radius 3 is 2.61 bits per heavy atom. The smallest absolute Gasteiger partial charge is 0.408 e. The molecular formula is C39H53N9O6. The first-order chi connectivity index (χ1) is 25.8. The van der Waals surface area contributed by atoms with Gasteiger partial charge in [-0.15, -0.1) is 0 Å². The highest BCUT2D eigenvalue weighted by Gasteiger charge is 2.39. The van der Waals surface area contributed by atoms with Crippen LogP contribution in [0.2, 0.25) is 0 Å². The van der Waals surface area contributed by atoms with E-state index in [2.05, 4.69) is 41.1 Å². The molecule has 3 aromatic rings. The van der Waals surface area contributed by atoms with Crippen LogP contribution in [0.25, 0.3) is 10.9 Å². The summed E-state index contributed by atoms with van der Waals surface area (Å²) in [5, 5.41) is 28.5. The number of nitrogens with zero attached hydrogens (tertiary/aromatic N) is 8. The molecule has 2 amide bonds. The molecule has 5 heterocycles. The number of piperazine rings is 1. The molecule has 2 N–H and O–H groups in total. The number of anilines is 2. The summed E-state index contributed by atoms with van der Waals surface area (Å²) in [6.07, 6.45) is 7.60. The second-order valence-corrected chi connectivity index (χ2v) is 16.3. The third-order valence-electron chi connectivity index (χ3n) is 11.3. The third-order valence-corrected chi connectivity index (χ3v) is 11.3. The Kier molecular flexibility index (Phi) is 10.5. The minimum absolute atomic E-state index is 0.0777. The van der Waals surface area contributed by atoms with Crippen LogP contribution in [0.3, 0.4) is 0 Å². The number of aromatic nitrogens is 4. The van der Waals surface area contributed by atoms with Crippen LogP contribution in [0.15, 0.2) is 12.3 Å². The summed E-state index contributed by atoms with van der Waals surface area (Å²) in [7, 11) is 0. The number of aryl methyl sites for hydroxylation is 1. The molecule has 3 aliphatic heterocycles. The van der Waals surface area contributed by atoms with E-state index in [4.69, 9.17) is 29.3 Å². The van der Waals surface area contributed by atoms with Gasteiger partial charge in [0.05, 0.1) is 53.7 Å². The van der Waals surface area contributed by atoms with E-state index in [-0.39, 0.29) is 31.8 Å². The van der Waals surface area contributed by atoms with E-state index in [1.54, 1.807) is 0 Å². The minimum Gasteiger partial charge on any atom is -0.465 e. The van der Waals surface area contributed by atoms with Gasteiger partial charge in [-0.05, 0) is 90.3 Å². The van der Waals surface area contributed by atoms with Crippen molar-refractivity contribution in [3.05, 3.63) is 34.6 Å². The van der Waals surface area contributed by atoms with Gasteiger partial charge in [0, 0.05) is 43.7 Å². The maximum Gasteiger partial charge on any atom is 0.408 e. The second kappa shape index (κ2) is 15.1. The number of carbonyl (C=O) groups excluding carboxylic acids is 1. The zero-order valence-electron chi connectivity index (χ0n) is 32.2. The number of hydrogen-bond acceptors (Lipinski definition) is 11. The highest BCUT2D eigenvalue weighted by Crippen LogP contribution is 2.40. The molecule has 54 heavy (non-hydrogen) atoms. The summed E-state index contributed by atoms with van der Waals surface area (Å²) in [4.78, 5) is 40.8.